The molecule has 1 aliphatic rings. The van der Waals surface area contributed by atoms with Gasteiger partial charge in [-0.3, -0.25) is 9.59 Å². The predicted molar refractivity (Wildman–Crippen MR) is 121 cm³/mol. The van der Waals surface area contributed by atoms with E-state index in [9.17, 15) is 9.59 Å². The fourth-order valence-corrected chi connectivity index (χ4v) is 3.19. The molecule has 1 fully saturated rings. The number of amides is 1. The SMILES string of the molecule is CN(C)CCC(=O)N1C/C(=C/c2ccccc2)C(=O)/C(=C/c2ccccc2)C1.Cl. The molecule has 0 aliphatic carbocycles. The van der Waals surface area contributed by atoms with Crippen molar-refractivity contribution in [3.05, 3.63) is 82.9 Å². The first kappa shape index (κ1) is 22.6. The summed E-state index contributed by atoms with van der Waals surface area (Å²) in [4.78, 5) is 29.6. The van der Waals surface area contributed by atoms with Crippen LogP contribution in [-0.2, 0) is 9.59 Å². The van der Waals surface area contributed by atoms with Crippen LogP contribution in [0.25, 0.3) is 12.2 Å². The van der Waals surface area contributed by atoms with Crippen molar-refractivity contribution in [3.63, 3.8) is 0 Å². The first-order valence-corrected chi connectivity index (χ1v) is 9.51. The zero-order chi connectivity index (χ0) is 19.9. The predicted octanol–water partition coefficient (Wildman–Crippen LogP) is 3.94. The minimum absolute atomic E-state index is 0. The molecule has 0 radical (unpaired) electrons. The van der Waals surface area contributed by atoms with Crippen molar-refractivity contribution in [2.45, 2.75) is 6.42 Å². The number of carbonyl (C=O) groups excluding carboxylic acids is 2. The molecule has 1 aliphatic heterocycles. The van der Waals surface area contributed by atoms with Gasteiger partial charge in [-0.2, -0.15) is 0 Å². The molecular weight excluding hydrogens is 384 g/mol. The van der Waals surface area contributed by atoms with E-state index in [0.29, 0.717) is 37.2 Å². The molecule has 152 valence electrons. The lowest BCUT2D eigenvalue weighted by molar-refractivity contribution is -0.131. The third kappa shape index (κ3) is 6.41. The first-order valence-electron chi connectivity index (χ1n) is 9.51. The van der Waals surface area contributed by atoms with Gasteiger partial charge in [0.25, 0.3) is 0 Å². The van der Waals surface area contributed by atoms with Gasteiger partial charge in [-0.25, -0.2) is 0 Å². The van der Waals surface area contributed by atoms with Crippen molar-refractivity contribution in [1.82, 2.24) is 9.80 Å². The average Bonchev–Trinajstić information content (AvgIpc) is 2.70. The van der Waals surface area contributed by atoms with Crippen LogP contribution in [-0.4, -0.2) is 55.2 Å². The average molecular weight is 411 g/mol. The Balaban J connectivity index is 0.00000300. The van der Waals surface area contributed by atoms with Crippen LogP contribution in [0.1, 0.15) is 17.5 Å². The lowest BCUT2D eigenvalue weighted by atomic mass is 9.94. The van der Waals surface area contributed by atoms with Crippen molar-refractivity contribution >= 4 is 36.2 Å². The molecule has 0 bridgehead atoms. The lowest BCUT2D eigenvalue weighted by Gasteiger charge is -2.30. The van der Waals surface area contributed by atoms with Crippen LogP contribution in [0.15, 0.2) is 71.8 Å². The maximum absolute atomic E-state index is 13.1. The summed E-state index contributed by atoms with van der Waals surface area (Å²) in [5.74, 6) is 0.0866. The molecule has 0 spiro atoms. The molecule has 29 heavy (non-hydrogen) atoms. The van der Waals surface area contributed by atoms with E-state index < -0.39 is 0 Å². The normalized spacial score (nSPS) is 16.9. The largest absolute Gasteiger partial charge is 0.334 e. The molecular formula is C24H27ClN2O2. The fraction of sp³-hybridized carbons (Fsp3) is 0.250. The number of ketones is 1. The van der Waals surface area contributed by atoms with Crippen molar-refractivity contribution in [1.29, 1.82) is 0 Å². The number of hydrogen-bond donors (Lipinski definition) is 0. The van der Waals surface area contributed by atoms with E-state index in [4.69, 9.17) is 0 Å². The summed E-state index contributed by atoms with van der Waals surface area (Å²) in [7, 11) is 3.91. The molecule has 3 rings (SSSR count). The summed E-state index contributed by atoms with van der Waals surface area (Å²) in [6.45, 7) is 1.40. The highest BCUT2D eigenvalue weighted by Crippen LogP contribution is 2.22. The first-order chi connectivity index (χ1) is 13.5. The van der Waals surface area contributed by atoms with E-state index in [1.54, 1.807) is 4.90 Å². The van der Waals surface area contributed by atoms with Crippen molar-refractivity contribution < 1.29 is 9.59 Å². The molecule has 0 aromatic heterocycles. The number of Topliss-reactive ketones (excluding diaryl/α,β-unsaturated/α-hetero) is 1. The zero-order valence-electron chi connectivity index (χ0n) is 16.9. The van der Waals surface area contributed by atoms with Crippen LogP contribution >= 0.6 is 12.4 Å². The minimum Gasteiger partial charge on any atom is -0.334 e. The molecule has 0 N–H and O–H groups in total. The van der Waals surface area contributed by atoms with E-state index in [1.807, 2.05) is 91.8 Å². The molecule has 0 unspecified atom stereocenters. The summed E-state index contributed by atoms with van der Waals surface area (Å²) >= 11 is 0. The maximum Gasteiger partial charge on any atom is 0.224 e. The van der Waals surface area contributed by atoms with Crippen LogP contribution in [0, 0.1) is 0 Å². The molecule has 1 amide bonds. The van der Waals surface area contributed by atoms with Gasteiger partial charge in [-0.15, -0.1) is 12.4 Å². The second-order valence-corrected chi connectivity index (χ2v) is 7.29. The van der Waals surface area contributed by atoms with Gasteiger partial charge < -0.3 is 9.80 Å². The minimum atomic E-state index is 0. The molecule has 2 aromatic rings. The van der Waals surface area contributed by atoms with Crippen LogP contribution in [0.4, 0.5) is 0 Å². The Bertz CT molecular complexity index is 828. The maximum atomic E-state index is 13.1. The Morgan fingerprint density at radius 1 is 0.897 bits per heavy atom. The van der Waals surface area contributed by atoms with Crippen molar-refractivity contribution in [2.75, 3.05) is 33.7 Å². The molecule has 5 heteroatoms. The van der Waals surface area contributed by atoms with Gasteiger partial charge in [0, 0.05) is 37.2 Å². The van der Waals surface area contributed by atoms with E-state index in [1.165, 1.54) is 0 Å². The quantitative estimate of drug-likeness (QED) is 0.701. The second-order valence-electron chi connectivity index (χ2n) is 7.29. The summed E-state index contributed by atoms with van der Waals surface area (Å²) < 4.78 is 0. The van der Waals surface area contributed by atoms with Crippen molar-refractivity contribution in [2.24, 2.45) is 0 Å². The second kappa shape index (κ2) is 10.7. The van der Waals surface area contributed by atoms with Crippen LogP contribution in [0.2, 0.25) is 0 Å². The highest BCUT2D eigenvalue weighted by atomic mass is 35.5. The zero-order valence-corrected chi connectivity index (χ0v) is 17.7. The van der Waals surface area contributed by atoms with Gasteiger partial charge >= 0.3 is 0 Å². The molecule has 0 atom stereocenters. The highest BCUT2D eigenvalue weighted by molar-refractivity contribution is 6.15. The number of nitrogens with zero attached hydrogens (tertiary/aromatic N) is 2. The number of rotatable bonds is 5. The Labute approximate surface area is 178 Å². The smallest absolute Gasteiger partial charge is 0.224 e. The van der Waals surface area contributed by atoms with E-state index in [-0.39, 0.29) is 24.1 Å². The van der Waals surface area contributed by atoms with E-state index in [2.05, 4.69) is 0 Å². The van der Waals surface area contributed by atoms with Gasteiger partial charge in [0.15, 0.2) is 5.78 Å². The Morgan fingerprint density at radius 3 is 1.76 bits per heavy atom. The number of piperidine rings is 1. The number of carbonyl (C=O) groups is 2. The monoisotopic (exact) mass is 410 g/mol. The van der Waals surface area contributed by atoms with Gasteiger partial charge in [0.1, 0.15) is 0 Å². The molecule has 1 saturated heterocycles. The highest BCUT2D eigenvalue weighted by Gasteiger charge is 2.28. The summed E-state index contributed by atoms with van der Waals surface area (Å²) in [5.41, 5.74) is 3.23. The summed E-state index contributed by atoms with van der Waals surface area (Å²) in [6.07, 6.45) is 4.23. The summed E-state index contributed by atoms with van der Waals surface area (Å²) in [5, 5.41) is 0. The topological polar surface area (TPSA) is 40.6 Å². The number of halogens is 1. The Kier molecular flexibility index (Phi) is 8.37. The number of benzene rings is 2. The summed E-state index contributed by atoms with van der Waals surface area (Å²) in [6, 6.07) is 19.5. The van der Waals surface area contributed by atoms with E-state index >= 15 is 0 Å². The molecule has 4 nitrogen and oxygen atoms in total. The van der Waals surface area contributed by atoms with Crippen molar-refractivity contribution in [3.8, 4) is 0 Å². The third-order valence-electron chi connectivity index (χ3n) is 4.71. The molecule has 0 saturated carbocycles. The fourth-order valence-electron chi connectivity index (χ4n) is 3.19. The third-order valence-corrected chi connectivity index (χ3v) is 4.71. The van der Waals surface area contributed by atoms with Gasteiger partial charge in [0.2, 0.25) is 5.91 Å². The molecule has 1 heterocycles. The molecule has 2 aromatic carbocycles. The number of hydrogen-bond acceptors (Lipinski definition) is 3. The van der Waals surface area contributed by atoms with Crippen LogP contribution < -0.4 is 0 Å². The van der Waals surface area contributed by atoms with Gasteiger partial charge in [0.05, 0.1) is 0 Å². The van der Waals surface area contributed by atoms with Crippen LogP contribution in [0.3, 0.4) is 0 Å². The van der Waals surface area contributed by atoms with Gasteiger partial charge in [-0.05, 0) is 37.4 Å². The lowest BCUT2D eigenvalue weighted by Crippen LogP contribution is -2.42. The Hall–Kier alpha value is -2.69. The number of likely N-dealkylation sites (tertiary alicyclic amines) is 1. The van der Waals surface area contributed by atoms with E-state index in [0.717, 1.165) is 11.1 Å². The van der Waals surface area contributed by atoms with Gasteiger partial charge in [-0.1, -0.05) is 60.7 Å². The van der Waals surface area contributed by atoms with Crippen LogP contribution in [0.5, 0.6) is 0 Å². The standard InChI is InChI=1S/C24H26N2O2.ClH/c1-25(2)14-13-23(27)26-17-21(15-19-9-5-3-6-10-19)24(28)22(18-26)16-20-11-7-4-8-12-20;/h3-12,15-16H,13-14,17-18H2,1-2H3;1H/b21-15-,22-16+;. The Morgan fingerprint density at radius 2 is 1.34 bits per heavy atom.